The molecule has 0 aliphatic heterocycles. The highest BCUT2D eigenvalue weighted by molar-refractivity contribution is 5.93. The molecule has 0 aromatic heterocycles. The van der Waals surface area contributed by atoms with Gasteiger partial charge in [0.05, 0.1) is 0 Å². The van der Waals surface area contributed by atoms with Crippen molar-refractivity contribution in [3.63, 3.8) is 0 Å². The number of ether oxygens (including phenoxy) is 1. The minimum absolute atomic E-state index is 0.0779. The van der Waals surface area contributed by atoms with Gasteiger partial charge >= 0.3 is 6.09 Å². The van der Waals surface area contributed by atoms with Crippen LogP contribution in [0.3, 0.4) is 0 Å². The third-order valence-electron chi connectivity index (χ3n) is 7.58. The van der Waals surface area contributed by atoms with Crippen molar-refractivity contribution in [3.8, 4) is 5.75 Å². The predicted molar refractivity (Wildman–Crippen MR) is 167 cm³/mol. The number of carbonyl (C=O) groups is 3. The van der Waals surface area contributed by atoms with Crippen molar-refractivity contribution >= 4 is 17.9 Å². The van der Waals surface area contributed by atoms with E-state index in [0.717, 1.165) is 29.5 Å². The summed E-state index contributed by atoms with van der Waals surface area (Å²) >= 11 is 0. The molecule has 0 spiro atoms. The zero-order valence-electron chi connectivity index (χ0n) is 27.1. The summed E-state index contributed by atoms with van der Waals surface area (Å²) in [6, 6.07) is 10.3. The van der Waals surface area contributed by atoms with Gasteiger partial charge in [-0.1, -0.05) is 50.6 Å². The Kier molecular flexibility index (Phi) is 12.0. The van der Waals surface area contributed by atoms with Gasteiger partial charge in [0.1, 0.15) is 23.4 Å². The molecule has 0 bridgehead atoms. The van der Waals surface area contributed by atoms with Gasteiger partial charge in [-0.25, -0.2) is 4.79 Å². The lowest BCUT2D eigenvalue weighted by Crippen LogP contribution is -2.60. The Hall–Kier alpha value is -3.55. The summed E-state index contributed by atoms with van der Waals surface area (Å²) in [5, 5.41) is 15.7. The van der Waals surface area contributed by atoms with E-state index in [2.05, 4.69) is 17.6 Å². The van der Waals surface area contributed by atoms with Crippen LogP contribution in [-0.2, 0) is 20.7 Å². The van der Waals surface area contributed by atoms with E-state index in [1.807, 2.05) is 59.7 Å². The number of hydrogen-bond acceptors (Lipinski definition) is 5. The van der Waals surface area contributed by atoms with Crippen molar-refractivity contribution in [3.05, 3.63) is 64.7 Å². The summed E-state index contributed by atoms with van der Waals surface area (Å²) in [6.45, 7) is 19.2. The van der Waals surface area contributed by atoms with Crippen LogP contribution in [0.2, 0.25) is 0 Å². The number of hydrogen-bond donors (Lipinski definition) is 3. The fourth-order valence-corrected chi connectivity index (χ4v) is 4.81. The Morgan fingerprint density at radius 3 is 2.07 bits per heavy atom. The predicted octanol–water partition coefficient (Wildman–Crippen LogP) is 6.51. The van der Waals surface area contributed by atoms with Crippen molar-refractivity contribution in [2.45, 2.75) is 124 Å². The van der Waals surface area contributed by atoms with E-state index < -0.39 is 35.2 Å². The first-order chi connectivity index (χ1) is 19.5. The molecule has 2 aromatic rings. The summed E-state index contributed by atoms with van der Waals surface area (Å²) in [5.41, 5.74) is 2.02. The molecular formula is C34H51N3O5. The molecule has 8 nitrogen and oxygen atoms in total. The van der Waals surface area contributed by atoms with Gasteiger partial charge in [0, 0.05) is 18.0 Å². The van der Waals surface area contributed by atoms with Crippen LogP contribution in [0.4, 0.5) is 4.79 Å². The number of aryl methyl sites for hydroxylation is 2. The zero-order valence-corrected chi connectivity index (χ0v) is 27.1. The van der Waals surface area contributed by atoms with Gasteiger partial charge < -0.3 is 25.4 Å². The lowest BCUT2D eigenvalue weighted by molar-refractivity contribution is -0.149. The summed E-state index contributed by atoms with van der Waals surface area (Å²) in [7, 11) is 0. The van der Waals surface area contributed by atoms with Crippen LogP contribution in [0.5, 0.6) is 5.75 Å². The van der Waals surface area contributed by atoms with E-state index in [0.29, 0.717) is 12.0 Å². The quantitative estimate of drug-likeness (QED) is 0.265. The molecule has 0 radical (unpaired) electrons. The Balaban J connectivity index is 2.70. The summed E-state index contributed by atoms with van der Waals surface area (Å²) in [4.78, 5) is 43.5. The maximum atomic E-state index is 14.7. The largest absolute Gasteiger partial charge is 0.508 e. The molecule has 0 aliphatic rings. The van der Waals surface area contributed by atoms with E-state index in [1.165, 1.54) is 0 Å². The maximum absolute atomic E-state index is 14.7. The number of carbonyl (C=O) groups excluding carboxylic acids is 3. The van der Waals surface area contributed by atoms with E-state index in [9.17, 15) is 19.5 Å². The SMILES string of the molecule is CCCC(C)NC(=O)C(c1ccc(C)c(C)c1)N(C(=O)C(Cc1ccc(O)cc1)NC(=O)OC(C)(C)C)C(C)(C)CC. The van der Waals surface area contributed by atoms with Crippen LogP contribution in [0.15, 0.2) is 42.5 Å². The molecule has 3 atom stereocenters. The Bertz CT molecular complexity index is 1220. The number of alkyl carbamates (subject to hydrolysis) is 1. The Morgan fingerprint density at radius 2 is 1.55 bits per heavy atom. The molecule has 0 saturated heterocycles. The normalized spacial score (nSPS) is 14.0. The second-order valence-electron chi connectivity index (χ2n) is 12.9. The molecule has 0 saturated carbocycles. The highest BCUT2D eigenvalue weighted by Gasteiger charge is 2.43. The second kappa shape index (κ2) is 14.6. The van der Waals surface area contributed by atoms with Crippen molar-refractivity contribution in [2.75, 3.05) is 0 Å². The molecule has 3 N–H and O–H groups in total. The molecule has 42 heavy (non-hydrogen) atoms. The summed E-state index contributed by atoms with van der Waals surface area (Å²) < 4.78 is 5.53. The molecule has 0 aliphatic carbocycles. The van der Waals surface area contributed by atoms with Gasteiger partial charge in [-0.15, -0.1) is 0 Å². The fourth-order valence-electron chi connectivity index (χ4n) is 4.81. The number of benzene rings is 2. The second-order valence-corrected chi connectivity index (χ2v) is 12.9. The standard InChI is InChI=1S/C34H51N3O5/c1-11-13-24(5)35-30(39)29(26-17-14-22(3)23(4)20-26)37(34(9,10)12-2)31(40)28(36-32(41)42-33(6,7)8)21-25-15-18-27(38)19-16-25/h14-20,24,28-29,38H,11-13,21H2,1-10H3,(H,35,39)(H,36,41). The van der Waals surface area contributed by atoms with Gasteiger partial charge in [0.2, 0.25) is 11.8 Å². The zero-order chi connectivity index (χ0) is 31.8. The maximum Gasteiger partial charge on any atom is 0.408 e. The highest BCUT2D eigenvalue weighted by atomic mass is 16.6. The van der Waals surface area contributed by atoms with Crippen molar-refractivity contribution in [1.29, 1.82) is 0 Å². The van der Waals surface area contributed by atoms with E-state index >= 15 is 0 Å². The first kappa shape index (κ1) is 34.7. The first-order valence-electron chi connectivity index (χ1n) is 15.0. The topological polar surface area (TPSA) is 108 Å². The minimum atomic E-state index is -1.04. The number of phenolic OH excluding ortho intramolecular Hbond substituents is 1. The molecular weight excluding hydrogens is 530 g/mol. The Morgan fingerprint density at radius 1 is 0.929 bits per heavy atom. The molecule has 3 unspecified atom stereocenters. The van der Waals surface area contributed by atoms with E-state index in [4.69, 9.17) is 4.74 Å². The van der Waals surface area contributed by atoms with Gasteiger partial charge in [-0.2, -0.15) is 0 Å². The van der Waals surface area contributed by atoms with E-state index in [-0.39, 0.29) is 24.1 Å². The fraction of sp³-hybridized carbons (Fsp3) is 0.559. The molecule has 0 fully saturated rings. The van der Waals surface area contributed by atoms with Crippen LogP contribution >= 0.6 is 0 Å². The number of nitrogens with one attached hydrogen (secondary N) is 2. The van der Waals surface area contributed by atoms with Crippen LogP contribution in [-0.4, -0.2) is 51.1 Å². The van der Waals surface area contributed by atoms with Gasteiger partial charge in [0.15, 0.2) is 0 Å². The lowest BCUT2D eigenvalue weighted by Gasteiger charge is -2.45. The summed E-state index contributed by atoms with van der Waals surface area (Å²) in [6.07, 6.45) is 1.70. The van der Waals surface area contributed by atoms with Crippen molar-refractivity contribution in [1.82, 2.24) is 15.5 Å². The number of nitrogens with zero attached hydrogens (tertiary/aromatic N) is 1. The molecule has 232 valence electrons. The minimum Gasteiger partial charge on any atom is -0.508 e. The molecule has 2 rings (SSSR count). The highest BCUT2D eigenvalue weighted by Crippen LogP contribution is 2.33. The average molecular weight is 582 g/mol. The van der Waals surface area contributed by atoms with Gasteiger partial charge in [-0.3, -0.25) is 9.59 Å². The van der Waals surface area contributed by atoms with Crippen molar-refractivity contribution in [2.24, 2.45) is 0 Å². The number of aromatic hydroxyl groups is 1. The molecule has 0 heterocycles. The Labute approximate surface area is 252 Å². The molecule has 2 aromatic carbocycles. The van der Waals surface area contributed by atoms with Crippen LogP contribution in [0.1, 0.15) is 103 Å². The number of phenols is 1. The number of rotatable bonds is 12. The third kappa shape index (κ3) is 9.78. The third-order valence-corrected chi connectivity index (χ3v) is 7.58. The van der Waals surface area contributed by atoms with Crippen LogP contribution < -0.4 is 10.6 Å². The number of amides is 3. The first-order valence-corrected chi connectivity index (χ1v) is 15.0. The molecule has 8 heteroatoms. The van der Waals surface area contributed by atoms with Gasteiger partial charge in [0.25, 0.3) is 0 Å². The van der Waals surface area contributed by atoms with Crippen LogP contribution in [0, 0.1) is 13.8 Å². The van der Waals surface area contributed by atoms with Crippen molar-refractivity contribution < 1.29 is 24.2 Å². The smallest absolute Gasteiger partial charge is 0.408 e. The van der Waals surface area contributed by atoms with E-state index in [1.54, 1.807) is 49.9 Å². The van der Waals surface area contributed by atoms with Gasteiger partial charge in [-0.05, 0) is 103 Å². The average Bonchev–Trinajstić information content (AvgIpc) is 2.88. The molecule has 3 amide bonds. The monoisotopic (exact) mass is 581 g/mol. The van der Waals surface area contributed by atoms with Crippen LogP contribution in [0.25, 0.3) is 0 Å². The summed E-state index contributed by atoms with van der Waals surface area (Å²) in [5.74, 6) is -0.569. The lowest BCUT2D eigenvalue weighted by atomic mass is 9.90.